The minimum atomic E-state index is -3.74. The number of sulfonamides is 1. The van der Waals surface area contributed by atoms with Gasteiger partial charge in [-0.05, 0) is 44.9 Å². The molecule has 1 saturated heterocycles. The summed E-state index contributed by atoms with van der Waals surface area (Å²) in [5, 5.41) is 17.2. The number of piperidine rings is 1. The second-order valence-corrected chi connectivity index (χ2v) is 8.26. The Labute approximate surface area is 140 Å². The number of nitrogens with zero attached hydrogens (tertiary/aromatic N) is 4. The van der Waals surface area contributed by atoms with Crippen LogP contribution in [0.25, 0.3) is 11.0 Å². The van der Waals surface area contributed by atoms with Gasteiger partial charge in [0.15, 0.2) is 0 Å². The molecule has 3 rings (SSSR count). The summed E-state index contributed by atoms with van der Waals surface area (Å²) in [5.74, 6) is -1.61. The van der Waals surface area contributed by atoms with Crippen molar-refractivity contribution in [2.75, 3.05) is 13.1 Å². The minimum Gasteiger partial charge on any atom is -0.481 e. The van der Waals surface area contributed by atoms with Gasteiger partial charge in [-0.1, -0.05) is 5.21 Å². The fraction of sp³-hybridized carbons (Fsp3) is 0.533. The van der Waals surface area contributed by atoms with E-state index < -0.39 is 21.9 Å². The van der Waals surface area contributed by atoms with Crippen molar-refractivity contribution in [2.45, 2.75) is 37.6 Å². The lowest BCUT2D eigenvalue weighted by molar-refractivity contribution is -0.142. The maximum Gasteiger partial charge on any atom is 0.307 e. The molecule has 1 N–H and O–H groups in total. The van der Waals surface area contributed by atoms with Crippen molar-refractivity contribution in [3.8, 4) is 0 Å². The Morgan fingerprint density at radius 2 is 2.12 bits per heavy atom. The summed E-state index contributed by atoms with van der Waals surface area (Å²) in [6.07, 6.45) is 1.05. The zero-order chi connectivity index (χ0) is 17.5. The van der Waals surface area contributed by atoms with Crippen molar-refractivity contribution in [1.29, 1.82) is 0 Å². The summed E-state index contributed by atoms with van der Waals surface area (Å²) in [7, 11) is -3.74. The molecule has 1 fully saturated rings. The van der Waals surface area contributed by atoms with Gasteiger partial charge < -0.3 is 5.11 Å². The monoisotopic (exact) mass is 352 g/mol. The Morgan fingerprint density at radius 1 is 1.38 bits per heavy atom. The topological polar surface area (TPSA) is 105 Å². The number of aromatic nitrogens is 3. The number of rotatable bonds is 4. The molecule has 0 spiro atoms. The van der Waals surface area contributed by atoms with Crippen molar-refractivity contribution in [3.05, 3.63) is 18.2 Å². The predicted octanol–water partition coefficient (Wildman–Crippen LogP) is 1.50. The molecule has 2 aromatic rings. The molecule has 1 aromatic carbocycles. The molecule has 2 heterocycles. The number of aliphatic carboxylic acids is 1. The molecular weight excluding hydrogens is 332 g/mol. The predicted molar refractivity (Wildman–Crippen MR) is 87.0 cm³/mol. The molecule has 1 aliphatic heterocycles. The van der Waals surface area contributed by atoms with E-state index in [1.54, 1.807) is 10.7 Å². The Bertz CT molecular complexity index is 875. The molecule has 0 amide bonds. The van der Waals surface area contributed by atoms with E-state index in [-0.39, 0.29) is 17.5 Å². The summed E-state index contributed by atoms with van der Waals surface area (Å²) in [4.78, 5) is 11.3. The van der Waals surface area contributed by atoms with E-state index in [1.165, 1.54) is 16.4 Å². The molecule has 0 bridgehead atoms. The SMILES string of the molecule is CC(C)n1nnc2cc(S(=O)(=O)N3CCCC(C(=O)O)C3)ccc21. The highest BCUT2D eigenvalue weighted by atomic mass is 32.2. The molecule has 1 unspecified atom stereocenters. The largest absolute Gasteiger partial charge is 0.481 e. The van der Waals surface area contributed by atoms with Gasteiger partial charge in [0.2, 0.25) is 10.0 Å². The second kappa shape index (κ2) is 6.14. The molecule has 0 saturated carbocycles. The van der Waals surface area contributed by atoms with Gasteiger partial charge in [0.25, 0.3) is 0 Å². The first-order chi connectivity index (χ1) is 11.3. The summed E-state index contributed by atoms with van der Waals surface area (Å²) < 4.78 is 28.6. The van der Waals surface area contributed by atoms with Gasteiger partial charge in [-0.3, -0.25) is 4.79 Å². The quantitative estimate of drug-likeness (QED) is 0.894. The summed E-state index contributed by atoms with van der Waals surface area (Å²) >= 11 is 0. The summed E-state index contributed by atoms with van der Waals surface area (Å²) in [6.45, 7) is 4.29. The normalized spacial score (nSPS) is 19.9. The van der Waals surface area contributed by atoms with Crippen LogP contribution in [0.2, 0.25) is 0 Å². The van der Waals surface area contributed by atoms with Gasteiger partial charge in [0.05, 0.1) is 16.3 Å². The van der Waals surface area contributed by atoms with E-state index in [9.17, 15) is 13.2 Å². The van der Waals surface area contributed by atoms with Gasteiger partial charge in [-0.2, -0.15) is 4.31 Å². The van der Waals surface area contributed by atoms with Crippen molar-refractivity contribution >= 4 is 27.0 Å². The van der Waals surface area contributed by atoms with Crippen LogP contribution in [0.4, 0.5) is 0 Å². The van der Waals surface area contributed by atoms with E-state index in [1.807, 2.05) is 13.8 Å². The summed E-state index contributed by atoms with van der Waals surface area (Å²) in [5.41, 5.74) is 1.28. The van der Waals surface area contributed by atoms with Crippen molar-refractivity contribution in [2.24, 2.45) is 5.92 Å². The molecular formula is C15H20N4O4S. The van der Waals surface area contributed by atoms with Crippen LogP contribution in [0.5, 0.6) is 0 Å². The number of carbonyl (C=O) groups is 1. The third-order valence-corrected chi connectivity index (χ3v) is 6.16. The van der Waals surface area contributed by atoms with E-state index in [0.717, 1.165) is 5.52 Å². The van der Waals surface area contributed by atoms with E-state index in [2.05, 4.69) is 10.3 Å². The Morgan fingerprint density at radius 3 is 2.79 bits per heavy atom. The van der Waals surface area contributed by atoms with Crippen LogP contribution in [0.15, 0.2) is 23.1 Å². The van der Waals surface area contributed by atoms with E-state index in [0.29, 0.717) is 24.9 Å². The highest BCUT2D eigenvalue weighted by Crippen LogP contribution is 2.26. The first-order valence-electron chi connectivity index (χ1n) is 7.88. The highest BCUT2D eigenvalue weighted by Gasteiger charge is 2.33. The fourth-order valence-corrected chi connectivity index (χ4v) is 4.52. The van der Waals surface area contributed by atoms with Crippen molar-refractivity contribution < 1.29 is 18.3 Å². The van der Waals surface area contributed by atoms with Crippen LogP contribution in [0, 0.1) is 5.92 Å². The maximum absolute atomic E-state index is 12.8. The maximum atomic E-state index is 12.8. The number of hydrogen-bond donors (Lipinski definition) is 1. The highest BCUT2D eigenvalue weighted by molar-refractivity contribution is 7.89. The lowest BCUT2D eigenvalue weighted by Gasteiger charge is -2.29. The van der Waals surface area contributed by atoms with Crippen LogP contribution in [-0.2, 0) is 14.8 Å². The molecule has 1 atom stereocenters. The first kappa shape index (κ1) is 16.8. The van der Waals surface area contributed by atoms with Crippen LogP contribution in [0.1, 0.15) is 32.7 Å². The van der Waals surface area contributed by atoms with Gasteiger partial charge in [-0.25, -0.2) is 13.1 Å². The van der Waals surface area contributed by atoms with Gasteiger partial charge >= 0.3 is 5.97 Å². The lowest BCUT2D eigenvalue weighted by Crippen LogP contribution is -2.42. The van der Waals surface area contributed by atoms with Crippen molar-refractivity contribution in [1.82, 2.24) is 19.3 Å². The van der Waals surface area contributed by atoms with Crippen molar-refractivity contribution in [3.63, 3.8) is 0 Å². The smallest absolute Gasteiger partial charge is 0.307 e. The third-order valence-electron chi connectivity index (χ3n) is 4.30. The number of carboxylic acid groups (broad SMARTS) is 1. The van der Waals surface area contributed by atoms with Gasteiger partial charge in [0, 0.05) is 19.1 Å². The van der Waals surface area contributed by atoms with E-state index >= 15 is 0 Å². The Kier molecular flexibility index (Phi) is 4.31. The van der Waals surface area contributed by atoms with E-state index in [4.69, 9.17) is 5.11 Å². The van der Waals surface area contributed by atoms with Crippen LogP contribution in [-0.4, -0.2) is 51.9 Å². The zero-order valence-electron chi connectivity index (χ0n) is 13.6. The average molecular weight is 352 g/mol. The molecule has 1 aromatic heterocycles. The number of carboxylic acids is 1. The molecule has 8 nitrogen and oxygen atoms in total. The molecule has 0 radical (unpaired) electrons. The van der Waals surface area contributed by atoms with Gasteiger partial charge in [-0.15, -0.1) is 5.10 Å². The zero-order valence-corrected chi connectivity index (χ0v) is 14.4. The second-order valence-electron chi connectivity index (χ2n) is 6.32. The molecule has 1 aliphatic rings. The van der Waals surface area contributed by atoms with Crippen LogP contribution < -0.4 is 0 Å². The van der Waals surface area contributed by atoms with Crippen LogP contribution in [0.3, 0.4) is 0 Å². The molecule has 9 heteroatoms. The average Bonchev–Trinajstić information content (AvgIpc) is 2.98. The summed E-state index contributed by atoms with van der Waals surface area (Å²) in [6, 6.07) is 4.85. The minimum absolute atomic E-state index is 0.00832. The van der Waals surface area contributed by atoms with Gasteiger partial charge in [0.1, 0.15) is 5.52 Å². The molecule has 24 heavy (non-hydrogen) atoms. The standard InChI is InChI=1S/C15H20N4O4S/c1-10(2)19-14-6-5-12(8-13(14)16-17-19)24(22,23)18-7-3-4-11(9-18)15(20)21/h5-6,8,10-11H,3-4,7,9H2,1-2H3,(H,20,21). The number of hydrogen-bond acceptors (Lipinski definition) is 5. The third kappa shape index (κ3) is 2.89. The van der Waals surface area contributed by atoms with Crippen LogP contribution >= 0.6 is 0 Å². The first-order valence-corrected chi connectivity index (χ1v) is 9.32. The Balaban J connectivity index is 1.95. The molecule has 0 aliphatic carbocycles. The lowest BCUT2D eigenvalue weighted by atomic mass is 10.0. The fourth-order valence-electron chi connectivity index (χ4n) is 2.97. The number of benzene rings is 1. The Hall–Kier alpha value is -2.00. The number of fused-ring (bicyclic) bond motifs is 1. The molecule has 130 valence electrons.